The first-order chi connectivity index (χ1) is 7.74. The number of carbonyl (C=O) groups excluding carboxylic acids is 1. The normalized spacial score (nSPS) is 23.8. The summed E-state index contributed by atoms with van der Waals surface area (Å²) < 4.78 is 1.88. The Morgan fingerprint density at radius 2 is 2.38 bits per heavy atom. The molecule has 0 aliphatic heterocycles. The molecule has 1 aromatic heterocycles. The van der Waals surface area contributed by atoms with Gasteiger partial charge in [0, 0.05) is 31.9 Å². The van der Waals surface area contributed by atoms with Gasteiger partial charge >= 0.3 is 0 Å². The van der Waals surface area contributed by atoms with Crippen LogP contribution in [0.4, 0.5) is 0 Å². The first-order valence-corrected chi connectivity index (χ1v) is 5.64. The predicted octanol–water partition coefficient (Wildman–Crippen LogP) is 0.160. The number of amides is 1. The van der Waals surface area contributed by atoms with Crippen LogP contribution in [0.15, 0.2) is 18.7 Å². The topological polar surface area (TPSA) is 67.2 Å². The zero-order chi connectivity index (χ0) is 11.4. The molecule has 1 amide bonds. The fourth-order valence-electron chi connectivity index (χ4n) is 1.86. The molecule has 0 bridgehead atoms. The van der Waals surface area contributed by atoms with E-state index in [-0.39, 0.29) is 12.0 Å². The summed E-state index contributed by atoms with van der Waals surface area (Å²) in [5, 5.41) is 12.0. The molecule has 1 saturated carbocycles. The quantitative estimate of drug-likeness (QED) is 0.747. The Labute approximate surface area is 94.5 Å². The molecule has 0 spiro atoms. The molecule has 0 aromatic carbocycles. The van der Waals surface area contributed by atoms with E-state index >= 15 is 0 Å². The maximum Gasteiger partial charge on any atom is 0.221 e. The van der Waals surface area contributed by atoms with E-state index in [4.69, 9.17) is 5.11 Å². The summed E-state index contributed by atoms with van der Waals surface area (Å²) in [5.41, 5.74) is 0. The Hall–Kier alpha value is -1.36. The van der Waals surface area contributed by atoms with Crippen molar-refractivity contribution in [2.75, 3.05) is 6.54 Å². The van der Waals surface area contributed by atoms with Crippen LogP contribution in [0.1, 0.15) is 19.3 Å². The molecule has 0 atom stereocenters. The first kappa shape index (κ1) is 11.1. The molecule has 0 unspecified atom stereocenters. The molecular formula is C11H17N3O2. The fraction of sp³-hybridized carbons (Fsp3) is 0.636. The fourth-order valence-corrected chi connectivity index (χ4v) is 1.86. The lowest BCUT2D eigenvalue weighted by Gasteiger charge is -2.31. The van der Waals surface area contributed by atoms with Crippen LogP contribution in [0.2, 0.25) is 0 Å². The number of nitrogens with zero attached hydrogens (tertiary/aromatic N) is 2. The van der Waals surface area contributed by atoms with E-state index in [0.29, 0.717) is 25.4 Å². The van der Waals surface area contributed by atoms with Crippen LogP contribution >= 0.6 is 0 Å². The van der Waals surface area contributed by atoms with E-state index in [1.807, 2.05) is 10.8 Å². The monoisotopic (exact) mass is 223 g/mol. The molecule has 1 heterocycles. The molecule has 0 saturated heterocycles. The summed E-state index contributed by atoms with van der Waals surface area (Å²) in [6, 6.07) is 0. The second-order valence-corrected chi connectivity index (χ2v) is 4.35. The molecule has 5 nitrogen and oxygen atoms in total. The molecule has 88 valence electrons. The summed E-state index contributed by atoms with van der Waals surface area (Å²) in [7, 11) is 0. The summed E-state index contributed by atoms with van der Waals surface area (Å²) in [5.74, 6) is 0.530. The highest BCUT2D eigenvalue weighted by atomic mass is 16.3. The average Bonchev–Trinajstić information content (AvgIpc) is 2.72. The smallest absolute Gasteiger partial charge is 0.221 e. The van der Waals surface area contributed by atoms with Gasteiger partial charge in [0.1, 0.15) is 0 Å². The van der Waals surface area contributed by atoms with Gasteiger partial charge in [0.25, 0.3) is 0 Å². The van der Waals surface area contributed by atoms with Crippen molar-refractivity contribution in [2.24, 2.45) is 5.92 Å². The van der Waals surface area contributed by atoms with Crippen molar-refractivity contribution in [3.05, 3.63) is 18.7 Å². The minimum atomic E-state index is -0.146. The van der Waals surface area contributed by atoms with E-state index in [1.54, 1.807) is 12.5 Å². The van der Waals surface area contributed by atoms with Gasteiger partial charge in [-0.15, -0.1) is 0 Å². The van der Waals surface area contributed by atoms with Crippen molar-refractivity contribution in [3.63, 3.8) is 0 Å². The highest BCUT2D eigenvalue weighted by Gasteiger charge is 2.26. The van der Waals surface area contributed by atoms with Crippen LogP contribution in [-0.2, 0) is 11.3 Å². The van der Waals surface area contributed by atoms with Gasteiger partial charge in [-0.25, -0.2) is 4.98 Å². The van der Waals surface area contributed by atoms with Crippen molar-refractivity contribution < 1.29 is 9.90 Å². The molecule has 1 aliphatic rings. The third-order valence-electron chi connectivity index (χ3n) is 2.95. The number of rotatable bonds is 5. The minimum Gasteiger partial charge on any atom is -0.393 e. The Morgan fingerprint density at radius 3 is 3.00 bits per heavy atom. The van der Waals surface area contributed by atoms with Crippen LogP contribution in [0.3, 0.4) is 0 Å². The number of aromatic nitrogens is 2. The molecule has 16 heavy (non-hydrogen) atoms. The number of carbonyl (C=O) groups is 1. The number of nitrogens with one attached hydrogen (secondary N) is 1. The Balaban J connectivity index is 1.58. The van der Waals surface area contributed by atoms with Crippen molar-refractivity contribution in [3.8, 4) is 0 Å². The number of aliphatic hydroxyl groups is 1. The van der Waals surface area contributed by atoms with Crippen molar-refractivity contribution >= 4 is 5.91 Å². The van der Waals surface area contributed by atoms with Crippen LogP contribution in [0.25, 0.3) is 0 Å². The summed E-state index contributed by atoms with van der Waals surface area (Å²) >= 11 is 0. The molecule has 2 rings (SSSR count). The third kappa shape index (κ3) is 3.06. The molecule has 1 aliphatic carbocycles. The van der Waals surface area contributed by atoms with Gasteiger partial charge in [-0.1, -0.05) is 0 Å². The van der Waals surface area contributed by atoms with Crippen LogP contribution in [0, 0.1) is 5.92 Å². The van der Waals surface area contributed by atoms with E-state index < -0.39 is 0 Å². The number of hydrogen-bond donors (Lipinski definition) is 2. The summed E-state index contributed by atoms with van der Waals surface area (Å²) in [4.78, 5) is 15.4. The number of aliphatic hydroxyl groups excluding tert-OH is 1. The first-order valence-electron chi connectivity index (χ1n) is 5.64. The number of aryl methyl sites for hydroxylation is 1. The molecule has 1 fully saturated rings. The van der Waals surface area contributed by atoms with Gasteiger partial charge in [-0.3, -0.25) is 4.79 Å². The van der Waals surface area contributed by atoms with Gasteiger partial charge in [-0.05, 0) is 18.8 Å². The lowest BCUT2D eigenvalue weighted by atomic mass is 9.82. The van der Waals surface area contributed by atoms with Crippen molar-refractivity contribution in [2.45, 2.75) is 31.9 Å². The lowest BCUT2D eigenvalue weighted by Crippen LogP contribution is -2.38. The van der Waals surface area contributed by atoms with Gasteiger partial charge in [0.05, 0.1) is 12.4 Å². The van der Waals surface area contributed by atoms with Crippen molar-refractivity contribution in [1.29, 1.82) is 0 Å². The van der Waals surface area contributed by atoms with E-state index in [2.05, 4.69) is 10.3 Å². The standard InChI is InChI=1S/C11H17N3O2/c15-10-5-9(6-10)7-13-11(16)1-3-14-4-2-12-8-14/h2,4,8-10,15H,1,3,5-7H2,(H,13,16). The van der Waals surface area contributed by atoms with E-state index in [0.717, 1.165) is 12.8 Å². The Morgan fingerprint density at radius 1 is 1.56 bits per heavy atom. The Kier molecular flexibility index (Phi) is 3.56. The summed E-state index contributed by atoms with van der Waals surface area (Å²) in [6.45, 7) is 1.36. The second kappa shape index (κ2) is 5.12. The van der Waals surface area contributed by atoms with Gasteiger partial charge in [0.15, 0.2) is 0 Å². The largest absolute Gasteiger partial charge is 0.393 e. The van der Waals surface area contributed by atoms with Crippen LogP contribution in [0.5, 0.6) is 0 Å². The van der Waals surface area contributed by atoms with E-state index in [1.165, 1.54) is 0 Å². The van der Waals surface area contributed by atoms with Gasteiger partial charge in [-0.2, -0.15) is 0 Å². The van der Waals surface area contributed by atoms with E-state index in [9.17, 15) is 4.79 Å². The van der Waals surface area contributed by atoms with Crippen molar-refractivity contribution in [1.82, 2.24) is 14.9 Å². The predicted molar refractivity (Wildman–Crippen MR) is 58.6 cm³/mol. The Bertz CT molecular complexity index is 331. The SMILES string of the molecule is O=C(CCn1ccnc1)NCC1CC(O)C1. The highest BCUT2D eigenvalue weighted by Crippen LogP contribution is 2.25. The number of imidazole rings is 1. The second-order valence-electron chi connectivity index (χ2n) is 4.35. The zero-order valence-electron chi connectivity index (χ0n) is 9.17. The molecule has 1 aromatic rings. The molecule has 5 heteroatoms. The molecular weight excluding hydrogens is 206 g/mol. The maximum atomic E-state index is 11.5. The van der Waals surface area contributed by atoms with Crippen LogP contribution < -0.4 is 5.32 Å². The summed E-state index contributed by atoms with van der Waals surface area (Å²) in [6.07, 6.45) is 7.22. The molecule has 2 N–H and O–H groups in total. The van der Waals surface area contributed by atoms with Gasteiger partial charge < -0.3 is 15.0 Å². The average molecular weight is 223 g/mol. The minimum absolute atomic E-state index is 0.0649. The maximum absolute atomic E-state index is 11.5. The molecule has 0 radical (unpaired) electrons. The van der Waals surface area contributed by atoms with Crippen LogP contribution in [-0.4, -0.2) is 33.2 Å². The zero-order valence-corrected chi connectivity index (χ0v) is 9.17. The number of hydrogen-bond acceptors (Lipinski definition) is 3. The highest BCUT2D eigenvalue weighted by molar-refractivity contribution is 5.75. The third-order valence-corrected chi connectivity index (χ3v) is 2.95. The lowest BCUT2D eigenvalue weighted by molar-refractivity contribution is -0.121. The van der Waals surface area contributed by atoms with Gasteiger partial charge in [0.2, 0.25) is 5.91 Å².